The zero-order valence-electron chi connectivity index (χ0n) is 23.4. The van der Waals surface area contributed by atoms with E-state index in [1.807, 2.05) is 43.3 Å². The predicted octanol–water partition coefficient (Wildman–Crippen LogP) is 7.44. The van der Waals surface area contributed by atoms with Gasteiger partial charge in [0.15, 0.2) is 0 Å². The maximum absolute atomic E-state index is 13.2. The number of carbonyl (C=O) groups is 2. The Hall–Kier alpha value is -3.29. The number of hydrogen-bond acceptors (Lipinski definition) is 4. The van der Waals surface area contributed by atoms with Gasteiger partial charge in [-0.1, -0.05) is 56.6 Å². The van der Waals surface area contributed by atoms with E-state index in [0.29, 0.717) is 34.4 Å². The van der Waals surface area contributed by atoms with Crippen LogP contribution in [0.2, 0.25) is 5.02 Å². The molecule has 3 aromatic carbocycles. The summed E-state index contributed by atoms with van der Waals surface area (Å²) < 4.78 is 2.18. The van der Waals surface area contributed by atoms with Crippen LogP contribution in [-0.2, 0) is 13.0 Å². The lowest BCUT2D eigenvalue weighted by Crippen LogP contribution is -2.37. The molecule has 0 aliphatic heterocycles. The van der Waals surface area contributed by atoms with E-state index in [0.717, 1.165) is 52.8 Å². The Morgan fingerprint density at radius 1 is 1.10 bits per heavy atom. The number of benzene rings is 3. The molecule has 1 amide bonds. The van der Waals surface area contributed by atoms with E-state index in [9.17, 15) is 14.7 Å². The smallest absolute Gasteiger partial charge is 0.336 e. The molecular formula is C32H36ClN3O3S. The van der Waals surface area contributed by atoms with Crippen LogP contribution in [0.4, 0.5) is 0 Å². The van der Waals surface area contributed by atoms with Crippen LogP contribution in [0, 0.1) is 12.8 Å². The lowest BCUT2D eigenvalue weighted by atomic mass is 9.98. The third-order valence-electron chi connectivity index (χ3n) is 6.99. The number of nitrogens with one attached hydrogen (secondary N) is 1. The predicted molar refractivity (Wildman–Crippen MR) is 166 cm³/mol. The van der Waals surface area contributed by atoms with E-state index in [2.05, 4.69) is 43.3 Å². The molecule has 0 spiro atoms. The van der Waals surface area contributed by atoms with Gasteiger partial charge in [0, 0.05) is 35.3 Å². The van der Waals surface area contributed by atoms with E-state index in [-0.39, 0.29) is 17.5 Å². The van der Waals surface area contributed by atoms with E-state index in [1.54, 1.807) is 12.1 Å². The topological polar surface area (TPSA) is 84.2 Å². The van der Waals surface area contributed by atoms with Crippen LogP contribution in [0.5, 0.6) is 0 Å². The zero-order chi connectivity index (χ0) is 29.0. The molecule has 0 unspecified atom stereocenters. The van der Waals surface area contributed by atoms with Crippen molar-refractivity contribution in [2.24, 2.45) is 5.92 Å². The van der Waals surface area contributed by atoms with Gasteiger partial charge < -0.3 is 15.0 Å². The van der Waals surface area contributed by atoms with Crippen LogP contribution in [0.15, 0.2) is 54.6 Å². The number of hydrogen-bond donors (Lipinski definition) is 3. The molecule has 210 valence electrons. The molecule has 1 atom stereocenters. The average molecular weight is 578 g/mol. The average Bonchev–Trinajstić information content (AvgIpc) is 3.25. The highest BCUT2D eigenvalue weighted by molar-refractivity contribution is 7.80. The van der Waals surface area contributed by atoms with Gasteiger partial charge >= 0.3 is 5.97 Å². The standard InChI is InChI=1S/C32H36ClN3O3S/c1-5-6-29-35-30-20(4)14-23(31(37)34-25(18-40)13-19(2)3)15-28(30)36(29)17-21-7-9-22(10-8-21)27-16-24(33)11-12-26(27)32(38)39/h7-12,14-16,19,25,40H,5-6,13,17-18H2,1-4H3,(H,34,37)(H,38,39)/t25-/m1/s1. The number of aromatic nitrogens is 2. The molecule has 4 aromatic rings. The van der Waals surface area contributed by atoms with Crippen molar-refractivity contribution >= 4 is 47.1 Å². The first-order valence-corrected chi connectivity index (χ1v) is 14.7. The van der Waals surface area contributed by atoms with Gasteiger partial charge in [-0.2, -0.15) is 12.6 Å². The zero-order valence-corrected chi connectivity index (χ0v) is 25.0. The molecule has 40 heavy (non-hydrogen) atoms. The van der Waals surface area contributed by atoms with Crippen molar-refractivity contribution in [3.63, 3.8) is 0 Å². The summed E-state index contributed by atoms with van der Waals surface area (Å²) in [5.74, 6) is 0.918. The van der Waals surface area contributed by atoms with E-state index in [4.69, 9.17) is 16.6 Å². The second-order valence-corrected chi connectivity index (χ2v) is 11.5. The van der Waals surface area contributed by atoms with Crippen molar-refractivity contribution in [2.75, 3.05) is 5.75 Å². The van der Waals surface area contributed by atoms with E-state index in [1.165, 1.54) is 6.07 Å². The number of thiol groups is 1. The molecule has 0 radical (unpaired) electrons. The largest absolute Gasteiger partial charge is 0.478 e. The van der Waals surface area contributed by atoms with Gasteiger partial charge in [0.2, 0.25) is 0 Å². The Kier molecular flexibility index (Phi) is 9.59. The molecule has 8 heteroatoms. The molecule has 1 aromatic heterocycles. The number of halogens is 1. The third kappa shape index (κ3) is 6.70. The second kappa shape index (κ2) is 12.9. The maximum atomic E-state index is 13.2. The Morgan fingerprint density at radius 2 is 1.82 bits per heavy atom. The summed E-state index contributed by atoms with van der Waals surface area (Å²) in [6.07, 6.45) is 2.63. The van der Waals surface area contributed by atoms with Crippen LogP contribution in [0.3, 0.4) is 0 Å². The van der Waals surface area contributed by atoms with Crippen molar-refractivity contribution in [3.05, 3.63) is 87.7 Å². The van der Waals surface area contributed by atoms with E-state index < -0.39 is 5.97 Å². The van der Waals surface area contributed by atoms with Gasteiger partial charge in [0.25, 0.3) is 5.91 Å². The summed E-state index contributed by atoms with van der Waals surface area (Å²) >= 11 is 10.6. The molecule has 0 fully saturated rings. The Balaban J connectivity index is 1.69. The summed E-state index contributed by atoms with van der Waals surface area (Å²) in [4.78, 5) is 29.9. The van der Waals surface area contributed by atoms with Gasteiger partial charge in [-0.25, -0.2) is 9.78 Å². The summed E-state index contributed by atoms with van der Waals surface area (Å²) in [6, 6.07) is 16.5. The molecule has 2 N–H and O–H groups in total. The van der Waals surface area contributed by atoms with Crippen molar-refractivity contribution in [1.29, 1.82) is 0 Å². The highest BCUT2D eigenvalue weighted by atomic mass is 35.5. The summed E-state index contributed by atoms with van der Waals surface area (Å²) in [5.41, 5.74) is 6.00. The summed E-state index contributed by atoms with van der Waals surface area (Å²) in [6.45, 7) is 8.97. The molecule has 0 saturated carbocycles. The van der Waals surface area contributed by atoms with Crippen molar-refractivity contribution in [3.8, 4) is 11.1 Å². The van der Waals surface area contributed by atoms with Gasteiger partial charge in [-0.05, 0) is 78.3 Å². The normalized spacial score (nSPS) is 12.2. The first-order valence-electron chi connectivity index (χ1n) is 13.6. The van der Waals surface area contributed by atoms with Crippen LogP contribution in [-0.4, -0.2) is 38.3 Å². The van der Waals surface area contributed by atoms with Crippen LogP contribution in [0.1, 0.15) is 71.3 Å². The fourth-order valence-electron chi connectivity index (χ4n) is 5.09. The number of aromatic carboxylic acids is 1. The minimum absolute atomic E-state index is 0.00653. The fourth-order valence-corrected chi connectivity index (χ4v) is 5.51. The number of carboxylic acid groups (broad SMARTS) is 1. The molecule has 0 bridgehead atoms. The van der Waals surface area contributed by atoms with Gasteiger partial charge in [-0.15, -0.1) is 0 Å². The lowest BCUT2D eigenvalue weighted by molar-refractivity contribution is 0.0697. The third-order valence-corrected chi connectivity index (χ3v) is 7.66. The highest BCUT2D eigenvalue weighted by Gasteiger charge is 2.19. The fraction of sp³-hybridized carbons (Fsp3) is 0.344. The maximum Gasteiger partial charge on any atom is 0.336 e. The number of aryl methyl sites for hydroxylation is 2. The molecule has 6 nitrogen and oxygen atoms in total. The minimum atomic E-state index is -0.995. The second-order valence-electron chi connectivity index (χ2n) is 10.7. The Morgan fingerprint density at radius 3 is 2.45 bits per heavy atom. The SMILES string of the molecule is CCCc1nc2c(C)cc(C(=O)N[C@@H](CS)CC(C)C)cc2n1Cc1ccc(-c2cc(Cl)ccc2C(=O)O)cc1. The van der Waals surface area contributed by atoms with Crippen molar-refractivity contribution in [2.45, 2.75) is 59.5 Å². The van der Waals surface area contributed by atoms with Crippen molar-refractivity contribution < 1.29 is 14.7 Å². The molecule has 0 aliphatic carbocycles. The van der Waals surface area contributed by atoms with Crippen molar-refractivity contribution in [1.82, 2.24) is 14.9 Å². The quantitative estimate of drug-likeness (QED) is 0.162. The number of carboxylic acids is 1. The molecular weight excluding hydrogens is 542 g/mol. The van der Waals surface area contributed by atoms with E-state index >= 15 is 0 Å². The molecule has 0 aliphatic rings. The monoisotopic (exact) mass is 577 g/mol. The van der Waals surface area contributed by atoms with Crippen LogP contribution >= 0.6 is 24.2 Å². The Labute approximate surface area is 246 Å². The first kappa shape index (κ1) is 29.7. The molecule has 0 saturated heterocycles. The molecule has 4 rings (SSSR count). The van der Waals surface area contributed by atoms with Gasteiger partial charge in [0.1, 0.15) is 5.82 Å². The summed E-state index contributed by atoms with van der Waals surface area (Å²) in [7, 11) is 0. The summed E-state index contributed by atoms with van der Waals surface area (Å²) in [5, 5.41) is 13.3. The van der Waals surface area contributed by atoms with Crippen LogP contribution in [0.25, 0.3) is 22.2 Å². The number of imidazole rings is 1. The number of carbonyl (C=O) groups excluding carboxylic acids is 1. The van der Waals surface area contributed by atoms with Gasteiger partial charge in [0.05, 0.1) is 16.6 Å². The number of amides is 1. The number of rotatable bonds is 11. The number of nitrogens with zero attached hydrogens (tertiary/aromatic N) is 2. The highest BCUT2D eigenvalue weighted by Crippen LogP contribution is 2.29. The number of fused-ring (bicyclic) bond motifs is 1. The first-order chi connectivity index (χ1) is 19.1. The molecule has 1 heterocycles. The van der Waals surface area contributed by atoms with Crippen LogP contribution < -0.4 is 5.32 Å². The lowest BCUT2D eigenvalue weighted by Gasteiger charge is -2.19. The Bertz CT molecular complexity index is 1530. The minimum Gasteiger partial charge on any atom is -0.478 e. The van der Waals surface area contributed by atoms with Gasteiger partial charge in [-0.3, -0.25) is 4.79 Å².